The molecule has 3 rings (SSSR count). The number of hydrogen-bond acceptors (Lipinski definition) is 6. The summed E-state index contributed by atoms with van der Waals surface area (Å²) in [6.45, 7) is 7.93. The van der Waals surface area contributed by atoms with Gasteiger partial charge in [0.25, 0.3) is 0 Å². The van der Waals surface area contributed by atoms with Crippen LogP contribution in [0.3, 0.4) is 0 Å². The standard InChI is InChI=1S/C15H26N6/c1-19(2)15-17-5-3-13(18-15)11-20-8-4-14(12-20)21-9-6-16-7-10-21/h3,5,14,16H,4,6-12H2,1-2H3. The Bertz CT molecular complexity index is 457. The fourth-order valence-corrected chi connectivity index (χ4v) is 3.22. The van der Waals surface area contributed by atoms with E-state index < -0.39 is 0 Å². The second-order valence-corrected chi connectivity index (χ2v) is 6.21. The quantitative estimate of drug-likeness (QED) is 0.844. The number of anilines is 1. The molecule has 2 fully saturated rings. The van der Waals surface area contributed by atoms with Crippen LogP contribution in [0.25, 0.3) is 0 Å². The molecule has 21 heavy (non-hydrogen) atoms. The monoisotopic (exact) mass is 290 g/mol. The first-order valence-electron chi connectivity index (χ1n) is 7.89. The Labute approximate surface area is 127 Å². The maximum absolute atomic E-state index is 4.62. The molecule has 1 unspecified atom stereocenters. The van der Waals surface area contributed by atoms with Crippen LogP contribution in [0.15, 0.2) is 12.3 Å². The van der Waals surface area contributed by atoms with Crippen molar-refractivity contribution in [1.82, 2.24) is 25.1 Å². The minimum Gasteiger partial charge on any atom is -0.347 e. The minimum absolute atomic E-state index is 0.724. The molecule has 6 nitrogen and oxygen atoms in total. The van der Waals surface area contributed by atoms with Crippen molar-refractivity contribution >= 4 is 5.95 Å². The van der Waals surface area contributed by atoms with Crippen LogP contribution in [0.2, 0.25) is 0 Å². The van der Waals surface area contributed by atoms with Crippen LogP contribution >= 0.6 is 0 Å². The topological polar surface area (TPSA) is 47.5 Å². The number of aromatic nitrogens is 2. The second-order valence-electron chi connectivity index (χ2n) is 6.21. The van der Waals surface area contributed by atoms with Gasteiger partial charge in [-0.05, 0) is 12.5 Å². The average molecular weight is 290 g/mol. The fraction of sp³-hybridized carbons (Fsp3) is 0.733. The van der Waals surface area contributed by atoms with Crippen LogP contribution in [-0.4, -0.2) is 79.2 Å². The third-order valence-corrected chi connectivity index (χ3v) is 4.40. The zero-order chi connectivity index (χ0) is 14.7. The van der Waals surface area contributed by atoms with Crippen LogP contribution in [-0.2, 0) is 6.54 Å². The third kappa shape index (κ3) is 3.70. The summed E-state index contributed by atoms with van der Waals surface area (Å²) < 4.78 is 0. The molecule has 0 amide bonds. The van der Waals surface area contributed by atoms with Gasteiger partial charge in [-0.15, -0.1) is 0 Å². The third-order valence-electron chi connectivity index (χ3n) is 4.40. The molecule has 2 saturated heterocycles. The maximum atomic E-state index is 4.62. The lowest BCUT2D eigenvalue weighted by Gasteiger charge is -2.32. The van der Waals surface area contributed by atoms with Crippen molar-refractivity contribution in [1.29, 1.82) is 0 Å². The largest absolute Gasteiger partial charge is 0.347 e. The summed E-state index contributed by atoms with van der Waals surface area (Å²) in [7, 11) is 3.96. The van der Waals surface area contributed by atoms with E-state index in [1.54, 1.807) is 0 Å². The van der Waals surface area contributed by atoms with E-state index in [0.717, 1.165) is 37.3 Å². The number of likely N-dealkylation sites (tertiary alicyclic amines) is 1. The van der Waals surface area contributed by atoms with Crippen LogP contribution < -0.4 is 10.2 Å². The van der Waals surface area contributed by atoms with E-state index in [-0.39, 0.29) is 0 Å². The Morgan fingerprint density at radius 3 is 2.86 bits per heavy atom. The van der Waals surface area contributed by atoms with E-state index in [2.05, 4.69) is 25.1 Å². The summed E-state index contributed by atoms with van der Waals surface area (Å²) in [5.74, 6) is 0.797. The summed E-state index contributed by atoms with van der Waals surface area (Å²) in [6.07, 6.45) is 3.15. The van der Waals surface area contributed by atoms with Crippen molar-refractivity contribution < 1.29 is 0 Å². The Kier molecular flexibility index (Phi) is 4.67. The van der Waals surface area contributed by atoms with Crippen molar-refractivity contribution in [2.24, 2.45) is 0 Å². The second kappa shape index (κ2) is 6.68. The highest BCUT2D eigenvalue weighted by Crippen LogP contribution is 2.18. The molecule has 3 heterocycles. The van der Waals surface area contributed by atoms with Crippen LogP contribution in [0.4, 0.5) is 5.95 Å². The first-order valence-corrected chi connectivity index (χ1v) is 7.89. The molecular weight excluding hydrogens is 264 g/mol. The van der Waals surface area contributed by atoms with Crippen LogP contribution in [0.1, 0.15) is 12.1 Å². The molecule has 0 saturated carbocycles. The van der Waals surface area contributed by atoms with E-state index in [1.807, 2.05) is 31.3 Å². The highest BCUT2D eigenvalue weighted by atomic mass is 15.3. The summed E-state index contributed by atoms with van der Waals surface area (Å²) in [5.41, 5.74) is 1.12. The smallest absolute Gasteiger partial charge is 0.225 e. The molecule has 1 aromatic rings. The van der Waals surface area contributed by atoms with Gasteiger partial charge in [0, 0.05) is 72.1 Å². The fourth-order valence-electron chi connectivity index (χ4n) is 3.22. The predicted octanol–water partition coefficient (Wildman–Crippen LogP) is 0.0221. The summed E-state index contributed by atoms with van der Waals surface area (Å²) in [4.78, 5) is 16.0. The van der Waals surface area contributed by atoms with Gasteiger partial charge in [-0.3, -0.25) is 9.80 Å². The lowest BCUT2D eigenvalue weighted by molar-refractivity contribution is 0.170. The number of hydrogen-bond donors (Lipinski definition) is 1. The molecule has 0 radical (unpaired) electrons. The van der Waals surface area contributed by atoms with Gasteiger partial charge in [-0.2, -0.15) is 0 Å². The summed E-state index contributed by atoms with van der Waals surface area (Å²) in [6, 6.07) is 2.76. The van der Waals surface area contributed by atoms with Crippen LogP contribution in [0.5, 0.6) is 0 Å². The Balaban J connectivity index is 1.55. The number of nitrogens with one attached hydrogen (secondary N) is 1. The molecule has 1 aromatic heterocycles. The maximum Gasteiger partial charge on any atom is 0.225 e. The Hall–Kier alpha value is -1.24. The first-order chi connectivity index (χ1) is 10.2. The van der Waals surface area contributed by atoms with Crippen LogP contribution in [0, 0.1) is 0 Å². The zero-order valence-electron chi connectivity index (χ0n) is 13.1. The van der Waals surface area contributed by atoms with Crippen molar-refractivity contribution in [3.63, 3.8) is 0 Å². The number of piperazine rings is 1. The van der Waals surface area contributed by atoms with Crippen molar-refractivity contribution in [3.05, 3.63) is 18.0 Å². The highest BCUT2D eigenvalue weighted by Gasteiger charge is 2.28. The average Bonchev–Trinajstić information content (AvgIpc) is 2.97. The molecule has 2 aliphatic heterocycles. The first kappa shape index (κ1) is 14.7. The molecule has 0 spiro atoms. The minimum atomic E-state index is 0.724. The number of rotatable bonds is 4. The van der Waals surface area contributed by atoms with E-state index in [9.17, 15) is 0 Å². The van der Waals surface area contributed by atoms with Gasteiger partial charge in [-0.25, -0.2) is 9.97 Å². The highest BCUT2D eigenvalue weighted by molar-refractivity contribution is 5.27. The number of nitrogens with zero attached hydrogens (tertiary/aromatic N) is 5. The summed E-state index contributed by atoms with van der Waals surface area (Å²) in [5, 5.41) is 3.43. The van der Waals surface area contributed by atoms with Crippen molar-refractivity contribution in [2.75, 3.05) is 58.3 Å². The van der Waals surface area contributed by atoms with E-state index in [1.165, 1.54) is 32.6 Å². The van der Waals surface area contributed by atoms with E-state index in [0.29, 0.717) is 0 Å². The molecule has 1 N–H and O–H groups in total. The van der Waals surface area contributed by atoms with Gasteiger partial charge in [0.2, 0.25) is 5.95 Å². The lowest BCUT2D eigenvalue weighted by Crippen LogP contribution is -2.49. The molecule has 116 valence electrons. The SMILES string of the molecule is CN(C)c1nccc(CN2CCC(N3CCNCC3)C2)n1. The van der Waals surface area contributed by atoms with Gasteiger partial charge in [-0.1, -0.05) is 0 Å². The Morgan fingerprint density at radius 1 is 1.29 bits per heavy atom. The lowest BCUT2D eigenvalue weighted by atomic mass is 10.2. The van der Waals surface area contributed by atoms with Gasteiger partial charge in [0.15, 0.2) is 0 Å². The van der Waals surface area contributed by atoms with Crippen molar-refractivity contribution in [3.8, 4) is 0 Å². The normalized spacial score (nSPS) is 24.4. The molecule has 0 aromatic carbocycles. The van der Waals surface area contributed by atoms with Gasteiger partial charge >= 0.3 is 0 Å². The van der Waals surface area contributed by atoms with E-state index >= 15 is 0 Å². The predicted molar refractivity (Wildman–Crippen MR) is 84.5 cm³/mol. The molecule has 2 aliphatic rings. The molecule has 0 bridgehead atoms. The molecule has 6 heteroatoms. The Morgan fingerprint density at radius 2 is 2.10 bits per heavy atom. The van der Waals surface area contributed by atoms with Gasteiger partial charge < -0.3 is 10.2 Å². The van der Waals surface area contributed by atoms with Gasteiger partial charge in [0.1, 0.15) is 0 Å². The molecule has 0 aliphatic carbocycles. The van der Waals surface area contributed by atoms with Gasteiger partial charge in [0.05, 0.1) is 5.69 Å². The molecular formula is C15H26N6. The molecule has 1 atom stereocenters. The van der Waals surface area contributed by atoms with Crippen molar-refractivity contribution in [2.45, 2.75) is 19.0 Å². The summed E-state index contributed by atoms with van der Waals surface area (Å²) >= 11 is 0. The van der Waals surface area contributed by atoms with E-state index in [4.69, 9.17) is 0 Å². The zero-order valence-corrected chi connectivity index (χ0v) is 13.1.